The van der Waals surface area contributed by atoms with Crippen molar-refractivity contribution in [2.24, 2.45) is 11.8 Å². The van der Waals surface area contributed by atoms with Crippen LogP contribution in [-0.2, 0) is 4.79 Å². The van der Waals surface area contributed by atoms with Crippen LogP contribution in [0, 0.1) is 11.8 Å². The molecule has 2 unspecified atom stereocenters. The molecular formula is C22H35N3O. The number of anilines is 1. The molecule has 2 fully saturated rings. The third-order valence-corrected chi connectivity index (χ3v) is 6.10. The number of rotatable bonds is 5. The summed E-state index contributed by atoms with van der Waals surface area (Å²) in [6, 6.07) is 8.85. The van der Waals surface area contributed by atoms with Gasteiger partial charge in [-0.05, 0) is 82.3 Å². The first-order valence-electron chi connectivity index (χ1n) is 10.3. The number of nitrogens with zero attached hydrogens (tertiary/aromatic N) is 2. The first-order valence-corrected chi connectivity index (χ1v) is 10.3. The smallest absolute Gasteiger partial charge is 0.220 e. The number of piperidine rings is 2. The normalized spacial score (nSPS) is 23.7. The van der Waals surface area contributed by atoms with Crippen molar-refractivity contribution in [1.29, 1.82) is 0 Å². The van der Waals surface area contributed by atoms with Gasteiger partial charge in [-0.1, -0.05) is 19.1 Å². The minimum Gasteiger partial charge on any atom is -0.371 e. The Bertz CT molecular complexity index is 578. The van der Waals surface area contributed by atoms with Crippen LogP contribution in [0.3, 0.4) is 0 Å². The number of likely N-dealkylation sites (tertiary alicyclic amines) is 1. The molecule has 0 spiro atoms. The van der Waals surface area contributed by atoms with E-state index in [1.165, 1.54) is 24.1 Å². The lowest BCUT2D eigenvalue weighted by Gasteiger charge is -2.33. The fourth-order valence-corrected chi connectivity index (χ4v) is 4.31. The highest BCUT2D eigenvalue weighted by molar-refractivity contribution is 5.76. The average molecular weight is 358 g/mol. The van der Waals surface area contributed by atoms with Crippen LogP contribution in [0.2, 0.25) is 0 Å². The van der Waals surface area contributed by atoms with Gasteiger partial charge in [0.1, 0.15) is 0 Å². The summed E-state index contributed by atoms with van der Waals surface area (Å²) in [6.45, 7) is 8.97. The fourth-order valence-electron chi connectivity index (χ4n) is 4.31. The van der Waals surface area contributed by atoms with Crippen LogP contribution in [0.1, 0.15) is 57.6 Å². The number of hydrogen-bond acceptors (Lipinski definition) is 3. The Kier molecular flexibility index (Phi) is 6.58. The van der Waals surface area contributed by atoms with Gasteiger partial charge >= 0.3 is 0 Å². The van der Waals surface area contributed by atoms with Crippen molar-refractivity contribution in [3.63, 3.8) is 0 Å². The highest BCUT2D eigenvalue weighted by Gasteiger charge is 2.21. The van der Waals surface area contributed by atoms with Crippen molar-refractivity contribution in [3.8, 4) is 0 Å². The Labute approximate surface area is 158 Å². The van der Waals surface area contributed by atoms with E-state index >= 15 is 0 Å². The van der Waals surface area contributed by atoms with Crippen LogP contribution in [0.4, 0.5) is 5.69 Å². The van der Waals surface area contributed by atoms with Crippen LogP contribution in [0.5, 0.6) is 0 Å². The molecule has 144 valence electrons. The second-order valence-corrected chi connectivity index (χ2v) is 8.52. The summed E-state index contributed by atoms with van der Waals surface area (Å²) in [5, 5.41) is 3.19. The van der Waals surface area contributed by atoms with Crippen LogP contribution in [0.25, 0.3) is 0 Å². The minimum absolute atomic E-state index is 0.0723. The first kappa shape index (κ1) is 19.2. The molecule has 1 amide bonds. The largest absolute Gasteiger partial charge is 0.371 e. The van der Waals surface area contributed by atoms with E-state index in [1.54, 1.807) is 0 Å². The Morgan fingerprint density at radius 2 is 1.85 bits per heavy atom. The Morgan fingerprint density at radius 1 is 1.15 bits per heavy atom. The molecule has 2 heterocycles. The molecule has 2 saturated heterocycles. The van der Waals surface area contributed by atoms with E-state index < -0.39 is 0 Å². The topological polar surface area (TPSA) is 35.6 Å². The Balaban J connectivity index is 1.49. The van der Waals surface area contributed by atoms with Gasteiger partial charge in [-0.3, -0.25) is 4.79 Å². The summed E-state index contributed by atoms with van der Waals surface area (Å²) in [5.41, 5.74) is 2.50. The molecular weight excluding hydrogens is 322 g/mol. The zero-order chi connectivity index (χ0) is 18.5. The lowest BCUT2D eigenvalue weighted by atomic mass is 9.93. The Hall–Kier alpha value is -1.55. The van der Waals surface area contributed by atoms with Crippen LogP contribution in [-0.4, -0.2) is 44.0 Å². The molecule has 2 atom stereocenters. The Morgan fingerprint density at radius 3 is 2.50 bits per heavy atom. The number of carbonyl (C=O) groups is 1. The van der Waals surface area contributed by atoms with Gasteiger partial charge in [0.2, 0.25) is 5.91 Å². The maximum absolute atomic E-state index is 12.4. The lowest BCUT2D eigenvalue weighted by Crippen LogP contribution is -2.34. The second-order valence-electron chi connectivity index (χ2n) is 8.52. The number of amides is 1. The average Bonchev–Trinajstić information content (AvgIpc) is 2.64. The third kappa shape index (κ3) is 5.23. The van der Waals surface area contributed by atoms with Crippen LogP contribution >= 0.6 is 0 Å². The van der Waals surface area contributed by atoms with E-state index in [9.17, 15) is 4.79 Å². The molecule has 0 saturated carbocycles. The lowest BCUT2D eigenvalue weighted by molar-refractivity contribution is -0.123. The predicted molar refractivity (Wildman–Crippen MR) is 108 cm³/mol. The van der Waals surface area contributed by atoms with E-state index in [2.05, 4.69) is 60.3 Å². The van der Waals surface area contributed by atoms with Crippen LogP contribution < -0.4 is 10.2 Å². The van der Waals surface area contributed by atoms with E-state index in [1.807, 2.05) is 0 Å². The van der Waals surface area contributed by atoms with Gasteiger partial charge in [-0.2, -0.15) is 0 Å². The molecule has 1 N–H and O–H groups in total. The van der Waals surface area contributed by atoms with Crippen molar-refractivity contribution >= 4 is 11.6 Å². The fraction of sp³-hybridized carbons (Fsp3) is 0.682. The highest BCUT2D eigenvalue weighted by atomic mass is 16.1. The maximum Gasteiger partial charge on any atom is 0.220 e. The van der Waals surface area contributed by atoms with E-state index in [0.29, 0.717) is 12.3 Å². The predicted octanol–water partition coefficient (Wildman–Crippen LogP) is 3.83. The summed E-state index contributed by atoms with van der Waals surface area (Å²) >= 11 is 0. The number of carbonyl (C=O) groups excluding carboxylic acids is 1. The van der Waals surface area contributed by atoms with Gasteiger partial charge < -0.3 is 15.1 Å². The van der Waals surface area contributed by atoms with Gasteiger partial charge in [-0.25, -0.2) is 0 Å². The van der Waals surface area contributed by atoms with Crippen molar-refractivity contribution in [3.05, 3.63) is 29.8 Å². The monoisotopic (exact) mass is 357 g/mol. The van der Waals surface area contributed by atoms with Gasteiger partial charge in [0.05, 0.1) is 6.04 Å². The van der Waals surface area contributed by atoms with Crippen molar-refractivity contribution in [2.45, 2.75) is 52.0 Å². The van der Waals surface area contributed by atoms with Gasteiger partial charge in [0.25, 0.3) is 0 Å². The highest BCUT2D eigenvalue weighted by Crippen LogP contribution is 2.25. The molecule has 0 aromatic heterocycles. The number of hydrogen-bond donors (Lipinski definition) is 1. The quantitative estimate of drug-likeness (QED) is 0.870. The molecule has 4 nitrogen and oxygen atoms in total. The van der Waals surface area contributed by atoms with E-state index in [4.69, 9.17) is 0 Å². The molecule has 3 rings (SSSR count). The molecule has 2 aliphatic heterocycles. The minimum atomic E-state index is 0.0723. The second kappa shape index (κ2) is 8.90. The zero-order valence-corrected chi connectivity index (χ0v) is 16.7. The standard InChI is InChI=1S/C22H35N3O/c1-17-5-4-12-25(16-17)21-8-6-20(7-9-21)18(2)23-22(26)15-19-10-13-24(3)14-11-19/h6-9,17-19H,4-5,10-16H2,1-3H3,(H,23,26). The van der Waals surface area contributed by atoms with Crippen molar-refractivity contribution in [2.75, 3.05) is 38.1 Å². The summed E-state index contributed by atoms with van der Waals surface area (Å²) < 4.78 is 0. The molecule has 0 radical (unpaired) electrons. The molecule has 1 aromatic rings. The van der Waals surface area contributed by atoms with Gasteiger partial charge in [-0.15, -0.1) is 0 Å². The molecule has 0 aliphatic carbocycles. The number of nitrogens with one attached hydrogen (secondary N) is 1. The van der Waals surface area contributed by atoms with E-state index in [-0.39, 0.29) is 11.9 Å². The first-order chi connectivity index (χ1) is 12.5. The molecule has 4 heteroatoms. The van der Waals surface area contributed by atoms with Crippen molar-refractivity contribution in [1.82, 2.24) is 10.2 Å². The molecule has 0 bridgehead atoms. The summed E-state index contributed by atoms with van der Waals surface area (Å²) in [6.07, 6.45) is 5.58. The maximum atomic E-state index is 12.4. The van der Waals surface area contributed by atoms with Crippen LogP contribution in [0.15, 0.2) is 24.3 Å². The van der Waals surface area contributed by atoms with Gasteiger partial charge in [0, 0.05) is 25.2 Å². The zero-order valence-electron chi connectivity index (χ0n) is 16.7. The SMILES string of the molecule is CC1CCCN(c2ccc(C(C)NC(=O)CC3CCN(C)CC3)cc2)C1. The summed E-state index contributed by atoms with van der Waals surface area (Å²) in [5.74, 6) is 1.52. The number of benzene rings is 1. The van der Waals surface area contributed by atoms with E-state index in [0.717, 1.165) is 44.9 Å². The summed E-state index contributed by atoms with van der Waals surface area (Å²) in [7, 11) is 2.16. The molecule has 2 aliphatic rings. The summed E-state index contributed by atoms with van der Waals surface area (Å²) in [4.78, 5) is 17.2. The van der Waals surface area contributed by atoms with Gasteiger partial charge in [0.15, 0.2) is 0 Å². The third-order valence-electron chi connectivity index (χ3n) is 6.10. The van der Waals surface area contributed by atoms with Crippen molar-refractivity contribution < 1.29 is 4.79 Å². The molecule has 1 aromatic carbocycles. The molecule has 26 heavy (non-hydrogen) atoms.